The number of hydrogen-bond acceptors (Lipinski definition) is 4. The number of nitrogens with two attached hydrogens (primary N) is 1. The zero-order chi connectivity index (χ0) is 10.8. The van der Waals surface area contributed by atoms with Gasteiger partial charge in [-0.15, -0.1) is 0 Å². The number of aromatic nitrogens is 1. The third-order valence-electron chi connectivity index (χ3n) is 2.62. The van der Waals surface area contributed by atoms with Crippen LogP contribution in [0.3, 0.4) is 0 Å². The highest BCUT2D eigenvalue weighted by Gasteiger charge is 2.20. The monoisotopic (exact) mass is 202 g/mol. The molecule has 4 heteroatoms. The van der Waals surface area contributed by atoms with Crippen LogP contribution in [0.15, 0.2) is 12.1 Å². The first-order chi connectivity index (χ1) is 7.19. The summed E-state index contributed by atoms with van der Waals surface area (Å²) in [5, 5.41) is 8.86. The van der Waals surface area contributed by atoms with Gasteiger partial charge < -0.3 is 10.6 Å². The van der Waals surface area contributed by atoms with Gasteiger partial charge >= 0.3 is 0 Å². The van der Waals surface area contributed by atoms with Crippen LogP contribution < -0.4 is 10.6 Å². The van der Waals surface area contributed by atoms with E-state index in [-0.39, 0.29) is 6.04 Å². The van der Waals surface area contributed by atoms with Crippen molar-refractivity contribution in [1.82, 2.24) is 4.98 Å². The van der Waals surface area contributed by atoms with Gasteiger partial charge in [-0.3, -0.25) is 0 Å². The van der Waals surface area contributed by atoms with Crippen molar-refractivity contribution in [3.05, 3.63) is 23.4 Å². The Bertz CT molecular complexity index is 408. The molecule has 0 aliphatic carbocycles. The van der Waals surface area contributed by atoms with Gasteiger partial charge in [0.2, 0.25) is 0 Å². The summed E-state index contributed by atoms with van der Waals surface area (Å²) in [6.07, 6.45) is 0.998. The van der Waals surface area contributed by atoms with Crippen LogP contribution >= 0.6 is 0 Å². The van der Waals surface area contributed by atoms with Crippen LogP contribution in [-0.2, 0) is 0 Å². The number of anilines is 1. The first-order valence-electron chi connectivity index (χ1n) is 5.08. The number of rotatable bonds is 1. The molecule has 2 heterocycles. The highest BCUT2D eigenvalue weighted by Crippen LogP contribution is 2.19. The van der Waals surface area contributed by atoms with Crippen LogP contribution in [0, 0.1) is 18.3 Å². The van der Waals surface area contributed by atoms with Crippen molar-refractivity contribution in [3.63, 3.8) is 0 Å². The lowest BCUT2D eigenvalue weighted by atomic mass is 10.2. The Hall–Kier alpha value is -1.60. The Morgan fingerprint density at radius 2 is 2.40 bits per heavy atom. The third-order valence-corrected chi connectivity index (χ3v) is 2.62. The Morgan fingerprint density at radius 3 is 3.00 bits per heavy atom. The first-order valence-corrected chi connectivity index (χ1v) is 5.08. The van der Waals surface area contributed by atoms with Gasteiger partial charge in [-0.1, -0.05) is 0 Å². The molecule has 0 bridgehead atoms. The minimum absolute atomic E-state index is 0.234. The van der Waals surface area contributed by atoms with Crippen molar-refractivity contribution in [2.45, 2.75) is 19.4 Å². The van der Waals surface area contributed by atoms with Crippen molar-refractivity contribution in [3.8, 4) is 6.07 Å². The molecular weight excluding hydrogens is 188 g/mol. The molecule has 1 atom stereocenters. The van der Waals surface area contributed by atoms with E-state index in [2.05, 4.69) is 16.0 Å². The summed E-state index contributed by atoms with van der Waals surface area (Å²) in [6, 6.07) is 5.99. The zero-order valence-electron chi connectivity index (χ0n) is 8.77. The minimum atomic E-state index is 0.234. The summed E-state index contributed by atoms with van der Waals surface area (Å²) in [6.45, 7) is 3.67. The summed E-state index contributed by atoms with van der Waals surface area (Å²) >= 11 is 0. The Labute approximate surface area is 89.3 Å². The Balaban J connectivity index is 2.29. The molecule has 4 nitrogen and oxygen atoms in total. The Morgan fingerprint density at radius 1 is 1.60 bits per heavy atom. The quantitative estimate of drug-likeness (QED) is 0.731. The lowest BCUT2D eigenvalue weighted by Gasteiger charge is -2.17. The number of pyridine rings is 1. The van der Waals surface area contributed by atoms with Crippen LogP contribution in [0.1, 0.15) is 17.7 Å². The van der Waals surface area contributed by atoms with Crippen LogP contribution in [0.25, 0.3) is 0 Å². The smallest absolute Gasteiger partial charge is 0.130 e. The fourth-order valence-corrected chi connectivity index (χ4v) is 1.87. The maximum absolute atomic E-state index is 8.86. The maximum atomic E-state index is 8.86. The predicted octanol–water partition coefficient (Wildman–Crippen LogP) is 0.799. The normalized spacial score (nSPS) is 20.3. The van der Waals surface area contributed by atoms with Crippen molar-refractivity contribution < 1.29 is 0 Å². The molecule has 0 radical (unpaired) electrons. The second-order valence-electron chi connectivity index (χ2n) is 3.96. The van der Waals surface area contributed by atoms with Gasteiger partial charge in [-0.05, 0) is 25.5 Å². The van der Waals surface area contributed by atoms with Gasteiger partial charge in [0.15, 0.2) is 0 Å². The molecule has 15 heavy (non-hydrogen) atoms. The molecule has 0 saturated carbocycles. The van der Waals surface area contributed by atoms with Gasteiger partial charge in [0.25, 0.3) is 0 Å². The van der Waals surface area contributed by atoms with E-state index in [9.17, 15) is 0 Å². The SMILES string of the molecule is Cc1cc(C#N)cc(N2CCC(N)C2)n1. The molecule has 1 fully saturated rings. The molecule has 0 spiro atoms. The van der Waals surface area contributed by atoms with E-state index >= 15 is 0 Å². The van der Waals surface area contributed by atoms with E-state index in [0.717, 1.165) is 31.0 Å². The van der Waals surface area contributed by atoms with E-state index < -0.39 is 0 Å². The number of aryl methyl sites for hydroxylation is 1. The number of nitrogens with zero attached hydrogens (tertiary/aromatic N) is 3. The summed E-state index contributed by atoms with van der Waals surface area (Å²) in [4.78, 5) is 6.55. The molecule has 2 rings (SSSR count). The lowest BCUT2D eigenvalue weighted by Crippen LogP contribution is -2.27. The second kappa shape index (κ2) is 3.87. The summed E-state index contributed by atoms with van der Waals surface area (Å²) in [5.41, 5.74) is 7.38. The standard InChI is InChI=1S/C11H14N4/c1-8-4-9(6-12)5-11(14-8)15-3-2-10(13)7-15/h4-5,10H,2-3,7,13H2,1H3. The lowest BCUT2D eigenvalue weighted by molar-refractivity contribution is 0.751. The summed E-state index contributed by atoms with van der Waals surface area (Å²) < 4.78 is 0. The van der Waals surface area contributed by atoms with Gasteiger partial charge in [0.05, 0.1) is 11.6 Å². The highest BCUT2D eigenvalue weighted by atomic mass is 15.2. The summed E-state index contributed by atoms with van der Waals surface area (Å²) in [7, 11) is 0. The summed E-state index contributed by atoms with van der Waals surface area (Å²) in [5.74, 6) is 0.875. The average molecular weight is 202 g/mol. The maximum Gasteiger partial charge on any atom is 0.130 e. The van der Waals surface area contributed by atoms with E-state index in [4.69, 9.17) is 11.0 Å². The molecule has 1 aliphatic heterocycles. The largest absolute Gasteiger partial charge is 0.355 e. The van der Waals surface area contributed by atoms with E-state index in [1.54, 1.807) is 6.07 Å². The minimum Gasteiger partial charge on any atom is -0.355 e. The van der Waals surface area contributed by atoms with Crippen molar-refractivity contribution in [2.24, 2.45) is 5.73 Å². The topological polar surface area (TPSA) is 65.9 Å². The van der Waals surface area contributed by atoms with Crippen LogP contribution in [-0.4, -0.2) is 24.1 Å². The molecule has 2 N–H and O–H groups in total. The van der Waals surface area contributed by atoms with E-state index in [1.807, 2.05) is 13.0 Å². The average Bonchev–Trinajstić information content (AvgIpc) is 2.64. The van der Waals surface area contributed by atoms with Gasteiger partial charge in [0.1, 0.15) is 5.82 Å². The van der Waals surface area contributed by atoms with E-state index in [1.165, 1.54) is 0 Å². The molecule has 1 unspecified atom stereocenters. The van der Waals surface area contributed by atoms with Gasteiger partial charge in [0, 0.05) is 24.8 Å². The van der Waals surface area contributed by atoms with Crippen molar-refractivity contribution in [2.75, 3.05) is 18.0 Å². The molecule has 1 aromatic rings. The molecular formula is C11H14N4. The molecule has 0 aromatic carbocycles. The number of nitriles is 1. The van der Waals surface area contributed by atoms with E-state index in [0.29, 0.717) is 5.56 Å². The van der Waals surface area contributed by atoms with Crippen molar-refractivity contribution in [1.29, 1.82) is 5.26 Å². The van der Waals surface area contributed by atoms with Gasteiger partial charge in [-0.2, -0.15) is 5.26 Å². The van der Waals surface area contributed by atoms with Crippen LogP contribution in [0.4, 0.5) is 5.82 Å². The zero-order valence-corrected chi connectivity index (χ0v) is 8.77. The molecule has 1 aromatic heterocycles. The Kier molecular flexibility index (Phi) is 2.57. The molecule has 0 amide bonds. The number of hydrogen-bond donors (Lipinski definition) is 1. The van der Waals surface area contributed by atoms with Gasteiger partial charge in [-0.25, -0.2) is 4.98 Å². The second-order valence-corrected chi connectivity index (χ2v) is 3.96. The highest BCUT2D eigenvalue weighted by molar-refractivity contribution is 5.47. The molecule has 1 aliphatic rings. The fraction of sp³-hybridized carbons (Fsp3) is 0.455. The molecule has 78 valence electrons. The third kappa shape index (κ3) is 2.08. The van der Waals surface area contributed by atoms with Crippen LogP contribution in [0.5, 0.6) is 0 Å². The fourth-order valence-electron chi connectivity index (χ4n) is 1.87. The predicted molar refractivity (Wildman–Crippen MR) is 58.5 cm³/mol. The first kappa shape index (κ1) is 9.94. The molecule has 1 saturated heterocycles. The van der Waals surface area contributed by atoms with Crippen LogP contribution in [0.2, 0.25) is 0 Å². The van der Waals surface area contributed by atoms with Crippen molar-refractivity contribution >= 4 is 5.82 Å².